The Balaban J connectivity index is 1.86. The van der Waals surface area contributed by atoms with Gasteiger partial charge in [0.25, 0.3) is 5.69 Å². The second-order valence-corrected chi connectivity index (χ2v) is 4.92. The first-order chi connectivity index (χ1) is 10.7. The van der Waals surface area contributed by atoms with Crippen LogP contribution in [0, 0.1) is 15.0 Å². The predicted octanol–water partition coefficient (Wildman–Crippen LogP) is 3.35. The van der Waals surface area contributed by atoms with Crippen molar-refractivity contribution >= 4 is 5.69 Å². The quantitative estimate of drug-likeness (QED) is 0.491. The molecule has 1 fully saturated rings. The van der Waals surface area contributed by atoms with Crippen LogP contribution in [0.2, 0.25) is 0 Å². The Hall–Kier alpha value is -2.80. The van der Waals surface area contributed by atoms with E-state index in [0.717, 1.165) is 5.56 Å². The predicted molar refractivity (Wildman–Crippen MR) is 78.6 cm³/mol. The fraction of sp³-hybridized carbons (Fsp3) is 0.200. The Labute approximate surface area is 126 Å². The SMILES string of the molecule is O=NN1[C@@H](c2ccccc2)CO[C@H]1c1ccc([N+](=O)[O-])cc1. The molecule has 0 aliphatic carbocycles. The minimum Gasteiger partial charge on any atom is -0.350 e. The van der Waals surface area contributed by atoms with Gasteiger partial charge in [0.15, 0.2) is 6.23 Å². The molecule has 0 N–H and O–H groups in total. The van der Waals surface area contributed by atoms with Gasteiger partial charge in [0.2, 0.25) is 0 Å². The van der Waals surface area contributed by atoms with E-state index in [1.807, 2.05) is 30.3 Å². The summed E-state index contributed by atoms with van der Waals surface area (Å²) >= 11 is 0. The molecule has 1 aliphatic rings. The molecule has 2 atom stereocenters. The Morgan fingerprint density at radius 1 is 1.09 bits per heavy atom. The maximum Gasteiger partial charge on any atom is 0.269 e. The minimum atomic E-state index is -0.636. The van der Waals surface area contributed by atoms with Crippen molar-refractivity contribution in [1.29, 1.82) is 0 Å². The lowest BCUT2D eigenvalue weighted by Crippen LogP contribution is -2.21. The third-order valence-electron chi connectivity index (χ3n) is 3.64. The summed E-state index contributed by atoms with van der Waals surface area (Å²) in [6, 6.07) is 15.1. The number of rotatable bonds is 4. The molecule has 2 aromatic rings. The Morgan fingerprint density at radius 2 is 1.77 bits per heavy atom. The van der Waals surface area contributed by atoms with Crippen molar-refractivity contribution in [1.82, 2.24) is 5.01 Å². The topological polar surface area (TPSA) is 85.0 Å². The Kier molecular flexibility index (Phi) is 3.80. The molecular weight excluding hydrogens is 286 g/mol. The summed E-state index contributed by atoms with van der Waals surface area (Å²) < 4.78 is 5.67. The number of benzene rings is 2. The van der Waals surface area contributed by atoms with Crippen molar-refractivity contribution in [2.75, 3.05) is 6.61 Å². The molecule has 1 saturated heterocycles. The summed E-state index contributed by atoms with van der Waals surface area (Å²) in [4.78, 5) is 21.5. The Bertz CT molecular complexity index is 675. The van der Waals surface area contributed by atoms with Crippen LogP contribution in [0.5, 0.6) is 0 Å². The van der Waals surface area contributed by atoms with Gasteiger partial charge in [-0.25, -0.2) is 5.01 Å². The highest BCUT2D eigenvalue weighted by atomic mass is 16.6. The van der Waals surface area contributed by atoms with Gasteiger partial charge in [-0.05, 0) is 17.7 Å². The van der Waals surface area contributed by atoms with Gasteiger partial charge in [-0.15, -0.1) is 4.91 Å². The summed E-state index contributed by atoms with van der Waals surface area (Å²) in [6.45, 7) is 0.331. The third-order valence-corrected chi connectivity index (χ3v) is 3.64. The van der Waals surface area contributed by atoms with E-state index < -0.39 is 11.2 Å². The van der Waals surface area contributed by atoms with E-state index in [0.29, 0.717) is 12.2 Å². The van der Waals surface area contributed by atoms with Crippen LogP contribution in [-0.4, -0.2) is 16.5 Å². The number of nitrogens with zero attached hydrogens (tertiary/aromatic N) is 3. The fourth-order valence-corrected chi connectivity index (χ4v) is 2.53. The first-order valence-electron chi connectivity index (χ1n) is 6.73. The van der Waals surface area contributed by atoms with Crippen molar-refractivity contribution in [3.8, 4) is 0 Å². The molecule has 0 amide bonds. The standard InChI is InChI=1S/C15H13N3O4/c19-16-17-14(11-4-2-1-3-5-11)10-22-15(17)12-6-8-13(9-7-12)18(20)21/h1-9,14-15H,10H2/t14-,15+/m1/s1. The zero-order chi connectivity index (χ0) is 15.5. The van der Waals surface area contributed by atoms with Crippen molar-refractivity contribution in [3.05, 3.63) is 80.7 Å². The van der Waals surface area contributed by atoms with E-state index >= 15 is 0 Å². The van der Waals surface area contributed by atoms with Crippen LogP contribution in [-0.2, 0) is 4.74 Å². The molecule has 0 unspecified atom stereocenters. The number of non-ortho nitro benzene ring substituents is 1. The van der Waals surface area contributed by atoms with Crippen LogP contribution in [0.4, 0.5) is 5.69 Å². The van der Waals surface area contributed by atoms with Gasteiger partial charge in [-0.3, -0.25) is 10.1 Å². The zero-order valence-electron chi connectivity index (χ0n) is 11.5. The monoisotopic (exact) mass is 299 g/mol. The summed E-state index contributed by atoms with van der Waals surface area (Å²) in [5.74, 6) is 0. The lowest BCUT2D eigenvalue weighted by Gasteiger charge is -2.22. The van der Waals surface area contributed by atoms with E-state index in [2.05, 4.69) is 5.29 Å². The second-order valence-electron chi connectivity index (χ2n) is 4.92. The van der Waals surface area contributed by atoms with E-state index in [9.17, 15) is 15.0 Å². The van der Waals surface area contributed by atoms with Crippen LogP contribution >= 0.6 is 0 Å². The number of hydrogen-bond donors (Lipinski definition) is 0. The molecular formula is C15H13N3O4. The van der Waals surface area contributed by atoms with Gasteiger partial charge in [-0.1, -0.05) is 30.3 Å². The minimum absolute atomic E-state index is 0.00744. The number of ether oxygens (including phenoxy) is 1. The van der Waals surface area contributed by atoms with Gasteiger partial charge in [0.1, 0.15) is 6.04 Å². The molecule has 22 heavy (non-hydrogen) atoms. The first-order valence-corrected chi connectivity index (χ1v) is 6.73. The molecule has 0 aromatic heterocycles. The number of hydrogen-bond acceptors (Lipinski definition) is 5. The molecule has 1 heterocycles. The number of nitro groups is 1. The van der Waals surface area contributed by atoms with Gasteiger partial charge in [0, 0.05) is 17.7 Å². The molecule has 0 spiro atoms. The van der Waals surface area contributed by atoms with Crippen LogP contribution in [0.3, 0.4) is 0 Å². The van der Waals surface area contributed by atoms with Crippen molar-refractivity contribution < 1.29 is 9.66 Å². The molecule has 112 valence electrons. The highest BCUT2D eigenvalue weighted by molar-refractivity contribution is 5.34. The first kappa shape index (κ1) is 14.2. The number of nitro benzene ring substituents is 1. The highest BCUT2D eigenvalue weighted by Gasteiger charge is 2.37. The van der Waals surface area contributed by atoms with Crippen LogP contribution in [0.25, 0.3) is 0 Å². The van der Waals surface area contributed by atoms with Crippen LogP contribution in [0.1, 0.15) is 23.4 Å². The molecule has 0 radical (unpaired) electrons. The summed E-state index contributed by atoms with van der Waals surface area (Å²) in [6.07, 6.45) is -0.636. The maximum atomic E-state index is 11.2. The lowest BCUT2D eigenvalue weighted by atomic mass is 10.1. The lowest BCUT2D eigenvalue weighted by molar-refractivity contribution is -0.384. The average Bonchev–Trinajstić information content (AvgIpc) is 2.99. The van der Waals surface area contributed by atoms with Gasteiger partial charge in [0.05, 0.1) is 16.8 Å². The van der Waals surface area contributed by atoms with Crippen molar-refractivity contribution in [2.45, 2.75) is 12.3 Å². The van der Waals surface area contributed by atoms with E-state index in [1.165, 1.54) is 17.1 Å². The number of nitroso groups, excluding NO2 is 1. The van der Waals surface area contributed by atoms with E-state index in [1.54, 1.807) is 12.1 Å². The smallest absolute Gasteiger partial charge is 0.269 e. The van der Waals surface area contributed by atoms with Crippen molar-refractivity contribution in [2.24, 2.45) is 5.29 Å². The summed E-state index contributed by atoms with van der Waals surface area (Å²) in [5, 5.41) is 15.1. The van der Waals surface area contributed by atoms with Gasteiger partial charge in [-0.2, -0.15) is 0 Å². The summed E-state index contributed by atoms with van der Waals surface area (Å²) in [7, 11) is 0. The maximum absolute atomic E-state index is 11.2. The Morgan fingerprint density at radius 3 is 2.36 bits per heavy atom. The molecule has 0 saturated carbocycles. The fourth-order valence-electron chi connectivity index (χ4n) is 2.53. The van der Waals surface area contributed by atoms with Gasteiger partial charge < -0.3 is 4.74 Å². The van der Waals surface area contributed by atoms with Crippen LogP contribution < -0.4 is 0 Å². The molecule has 2 aromatic carbocycles. The normalized spacial score (nSPS) is 20.8. The average molecular weight is 299 g/mol. The van der Waals surface area contributed by atoms with E-state index in [4.69, 9.17) is 4.74 Å². The molecule has 7 heteroatoms. The molecule has 0 bridgehead atoms. The molecule has 3 rings (SSSR count). The van der Waals surface area contributed by atoms with E-state index in [-0.39, 0.29) is 11.7 Å². The van der Waals surface area contributed by atoms with Gasteiger partial charge >= 0.3 is 0 Å². The summed E-state index contributed by atoms with van der Waals surface area (Å²) in [5.41, 5.74) is 1.59. The highest BCUT2D eigenvalue weighted by Crippen LogP contribution is 2.39. The largest absolute Gasteiger partial charge is 0.350 e. The molecule has 1 aliphatic heterocycles. The third kappa shape index (κ3) is 2.53. The zero-order valence-corrected chi connectivity index (χ0v) is 11.5. The molecule has 7 nitrogen and oxygen atoms in total. The second kappa shape index (κ2) is 5.90. The van der Waals surface area contributed by atoms with Crippen LogP contribution in [0.15, 0.2) is 59.9 Å². The van der Waals surface area contributed by atoms with Crippen molar-refractivity contribution in [3.63, 3.8) is 0 Å².